The van der Waals surface area contributed by atoms with E-state index in [0.717, 1.165) is 14.5 Å². The summed E-state index contributed by atoms with van der Waals surface area (Å²) in [6.45, 7) is 4.13. The van der Waals surface area contributed by atoms with Gasteiger partial charge in [-0.1, -0.05) is 50.1 Å². The van der Waals surface area contributed by atoms with E-state index >= 15 is 0 Å². The van der Waals surface area contributed by atoms with Crippen LogP contribution in [-0.4, -0.2) is 5.78 Å². The number of carbonyl (C=O) groups excluding carboxylic acids is 1. The van der Waals surface area contributed by atoms with Crippen LogP contribution in [0.5, 0.6) is 0 Å². The van der Waals surface area contributed by atoms with Crippen LogP contribution in [0.1, 0.15) is 27.0 Å². The van der Waals surface area contributed by atoms with Crippen molar-refractivity contribution in [2.45, 2.75) is 13.8 Å². The Morgan fingerprint density at radius 1 is 1.00 bits per heavy atom. The molecule has 1 nitrogen and oxygen atoms in total. The summed E-state index contributed by atoms with van der Waals surface area (Å²) in [7, 11) is 0. The van der Waals surface area contributed by atoms with Gasteiger partial charge in [-0.05, 0) is 60.9 Å². The second-order valence-electron chi connectivity index (χ2n) is 4.64. The van der Waals surface area contributed by atoms with Gasteiger partial charge in [0.2, 0.25) is 0 Å². The normalized spacial score (nSPS) is 11.0. The number of ketones is 1. The van der Waals surface area contributed by atoms with Crippen molar-refractivity contribution in [3.63, 3.8) is 0 Å². The molecule has 0 saturated heterocycles. The lowest BCUT2D eigenvalue weighted by Crippen LogP contribution is -1.95. The molecule has 0 N–H and O–H groups in total. The number of carbonyl (C=O) groups is 1. The number of rotatable bonds is 3. The summed E-state index contributed by atoms with van der Waals surface area (Å²) in [6.07, 6.45) is 3.45. The fourth-order valence-corrected chi connectivity index (χ4v) is 2.92. The molecule has 2 rings (SSSR count). The lowest BCUT2D eigenvalue weighted by Gasteiger charge is -2.05. The topological polar surface area (TPSA) is 17.1 Å². The van der Waals surface area contributed by atoms with Crippen molar-refractivity contribution >= 4 is 43.7 Å². The number of hydrogen-bond donors (Lipinski definition) is 0. The Morgan fingerprint density at radius 3 is 2.35 bits per heavy atom. The first kappa shape index (κ1) is 15.2. The zero-order chi connectivity index (χ0) is 14.7. The molecule has 0 spiro atoms. The summed E-state index contributed by atoms with van der Waals surface area (Å²) in [5.74, 6) is -0.0115. The van der Waals surface area contributed by atoms with Gasteiger partial charge in [0.05, 0.1) is 0 Å². The maximum absolute atomic E-state index is 12.2. The van der Waals surface area contributed by atoms with E-state index < -0.39 is 0 Å². The Morgan fingerprint density at radius 2 is 1.65 bits per heavy atom. The van der Waals surface area contributed by atoms with Crippen LogP contribution in [0.15, 0.2) is 51.4 Å². The van der Waals surface area contributed by atoms with Gasteiger partial charge in [0.25, 0.3) is 0 Å². The highest BCUT2D eigenvalue weighted by Crippen LogP contribution is 2.23. The monoisotopic (exact) mass is 392 g/mol. The van der Waals surface area contributed by atoms with Crippen LogP contribution in [0.4, 0.5) is 0 Å². The zero-order valence-corrected chi connectivity index (χ0v) is 14.5. The van der Waals surface area contributed by atoms with Crippen LogP contribution in [0, 0.1) is 13.8 Å². The molecule has 0 bridgehead atoms. The van der Waals surface area contributed by atoms with Gasteiger partial charge in [0.1, 0.15) is 0 Å². The molecule has 0 fully saturated rings. The largest absolute Gasteiger partial charge is 0.289 e. The van der Waals surface area contributed by atoms with Crippen molar-refractivity contribution < 1.29 is 4.79 Å². The molecule has 0 atom stereocenters. The molecular weight excluding hydrogens is 380 g/mol. The quantitative estimate of drug-likeness (QED) is 0.481. The molecule has 2 aromatic carbocycles. The predicted molar refractivity (Wildman–Crippen MR) is 91.1 cm³/mol. The molecule has 0 aliphatic carbocycles. The molecule has 102 valence electrons. The van der Waals surface area contributed by atoms with Crippen LogP contribution in [0.3, 0.4) is 0 Å². The van der Waals surface area contributed by atoms with Crippen molar-refractivity contribution in [2.75, 3.05) is 0 Å². The summed E-state index contributed by atoms with van der Waals surface area (Å²) in [6, 6.07) is 11.6. The minimum absolute atomic E-state index is 0.0115. The standard InChI is InChI=1S/C17H14Br2O/c1-11-9-13(16(19)10-12(11)2)7-8-17(20)14-5-3-4-6-15(14)18/h3-10H,1-2H3/b8-7+. The van der Waals surface area contributed by atoms with Gasteiger partial charge < -0.3 is 0 Å². The average molecular weight is 394 g/mol. The van der Waals surface area contributed by atoms with E-state index in [9.17, 15) is 4.79 Å². The Hall–Kier alpha value is -1.19. The second kappa shape index (κ2) is 6.51. The summed E-state index contributed by atoms with van der Waals surface area (Å²) >= 11 is 6.93. The van der Waals surface area contributed by atoms with E-state index in [0.29, 0.717) is 5.56 Å². The second-order valence-corrected chi connectivity index (χ2v) is 6.34. The predicted octanol–water partition coefficient (Wildman–Crippen LogP) is 5.72. The number of halogens is 2. The van der Waals surface area contributed by atoms with Crippen LogP contribution >= 0.6 is 31.9 Å². The van der Waals surface area contributed by atoms with Crippen molar-refractivity contribution in [3.8, 4) is 0 Å². The maximum Gasteiger partial charge on any atom is 0.186 e. The van der Waals surface area contributed by atoms with Crippen LogP contribution < -0.4 is 0 Å². The fourth-order valence-electron chi connectivity index (χ4n) is 1.85. The molecule has 0 saturated carbocycles. The molecule has 0 amide bonds. The van der Waals surface area contributed by atoms with Crippen molar-refractivity contribution in [1.29, 1.82) is 0 Å². The molecule has 0 radical (unpaired) electrons. The van der Waals surface area contributed by atoms with Gasteiger partial charge in [-0.15, -0.1) is 0 Å². The molecule has 0 aliphatic rings. The lowest BCUT2D eigenvalue weighted by molar-refractivity contribution is 0.104. The molecule has 20 heavy (non-hydrogen) atoms. The van der Waals surface area contributed by atoms with Gasteiger partial charge in [0.15, 0.2) is 5.78 Å². The first-order valence-corrected chi connectivity index (χ1v) is 7.81. The molecular formula is C17H14Br2O. The molecule has 0 unspecified atom stereocenters. The molecule has 0 aliphatic heterocycles. The minimum atomic E-state index is -0.0115. The van der Waals surface area contributed by atoms with E-state index in [1.165, 1.54) is 11.1 Å². The highest BCUT2D eigenvalue weighted by molar-refractivity contribution is 9.10. The first-order chi connectivity index (χ1) is 9.49. The first-order valence-electron chi connectivity index (χ1n) is 6.22. The Balaban J connectivity index is 2.28. The smallest absolute Gasteiger partial charge is 0.186 e. The Bertz CT molecular complexity index is 687. The highest BCUT2D eigenvalue weighted by atomic mass is 79.9. The third-order valence-electron chi connectivity index (χ3n) is 3.17. The SMILES string of the molecule is Cc1cc(Br)c(/C=C/C(=O)c2ccccc2Br)cc1C. The molecule has 0 heterocycles. The van der Waals surface area contributed by atoms with E-state index in [-0.39, 0.29) is 5.78 Å². The van der Waals surface area contributed by atoms with Crippen LogP contribution in [0.25, 0.3) is 6.08 Å². The number of benzene rings is 2. The van der Waals surface area contributed by atoms with E-state index in [2.05, 4.69) is 57.8 Å². The Kier molecular flexibility index (Phi) is 4.95. The van der Waals surface area contributed by atoms with Gasteiger partial charge in [-0.2, -0.15) is 0 Å². The summed E-state index contributed by atoms with van der Waals surface area (Å²) < 4.78 is 1.81. The third-order valence-corrected chi connectivity index (χ3v) is 4.54. The highest BCUT2D eigenvalue weighted by Gasteiger charge is 2.06. The third kappa shape index (κ3) is 3.47. The van der Waals surface area contributed by atoms with Gasteiger partial charge in [-0.3, -0.25) is 4.79 Å². The van der Waals surface area contributed by atoms with Crippen LogP contribution in [0.2, 0.25) is 0 Å². The van der Waals surface area contributed by atoms with Crippen molar-refractivity contribution in [3.05, 3.63) is 73.7 Å². The number of hydrogen-bond acceptors (Lipinski definition) is 1. The van der Waals surface area contributed by atoms with E-state index in [1.807, 2.05) is 30.3 Å². The van der Waals surface area contributed by atoms with Gasteiger partial charge in [-0.25, -0.2) is 0 Å². The lowest BCUT2D eigenvalue weighted by atomic mass is 10.0. The minimum Gasteiger partial charge on any atom is -0.289 e. The number of allylic oxidation sites excluding steroid dienone is 1. The zero-order valence-electron chi connectivity index (χ0n) is 11.3. The van der Waals surface area contributed by atoms with Crippen molar-refractivity contribution in [1.82, 2.24) is 0 Å². The molecule has 3 heteroatoms. The summed E-state index contributed by atoms with van der Waals surface area (Å²) in [5.41, 5.74) is 4.12. The van der Waals surface area contributed by atoms with E-state index in [1.54, 1.807) is 6.08 Å². The molecule has 0 aromatic heterocycles. The average Bonchev–Trinajstić information content (AvgIpc) is 2.41. The van der Waals surface area contributed by atoms with Crippen molar-refractivity contribution in [2.24, 2.45) is 0 Å². The fraction of sp³-hybridized carbons (Fsp3) is 0.118. The summed E-state index contributed by atoms with van der Waals surface area (Å²) in [5, 5.41) is 0. The molecule has 2 aromatic rings. The maximum atomic E-state index is 12.2. The van der Waals surface area contributed by atoms with Crippen LogP contribution in [-0.2, 0) is 0 Å². The van der Waals surface area contributed by atoms with E-state index in [4.69, 9.17) is 0 Å². The summed E-state index contributed by atoms with van der Waals surface area (Å²) in [4.78, 5) is 12.2. The number of aryl methyl sites for hydroxylation is 2. The Labute approximate surface area is 136 Å². The van der Waals surface area contributed by atoms with Gasteiger partial charge in [0, 0.05) is 14.5 Å². The van der Waals surface area contributed by atoms with Gasteiger partial charge >= 0.3 is 0 Å².